The molecule has 0 aromatic heterocycles. The topological polar surface area (TPSA) is 65.1 Å². The fraction of sp³-hybridized carbons (Fsp3) is 0.538. The van der Waals surface area contributed by atoms with Gasteiger partial charge in [0.05, 0.1) is 16.9 Å². The highest BCUT2D eigenvalue weighted by molar-refractivity contribution is 7.89. The van der Waals surface area contributed by atoms with E-state index >= 15 is 0 Å². The van der Waals surface area contributed by atoms with Crippen LogP contribution in [0.2, 0.25) is 0 Å². The number of sulfonamides is 1. The number of benzene rings is 1. The van der Waals surface area contributed by atoms with Crippen LogP contribution in [0.25, 0.3) is 0 Å². The molecule has 0 spiro atoms. The molecule has 0 bridgehead atoms. The van der Waals surface area contributed by atoms with Crippen molar-refractivity contribution in [3.8, 4) is 11.5 Å². The second-order valence-electron chi connectivity index (χ2n) is 4.64. The summed E-state index contributed by atoms with van der Waals surface area (Å²) in [6, 6.07) is 4.57. The second kappa shape index (κ2) is 6.83. The summed E-state index contributed by atoms with van der Waals surface area (Å²) >= 11 is 6.01. The van der Waals surface area contributed by atoms with Gasteiger partial charge in [0.1, 0.15) is 13.2 Å². The number of nitrogens with zero attached hydrogens (tertiary/aromatic N) is 1. The Morgan fingerprint density at radius 1 is 1.33 bits per heavy atom. The summed E-state index contributed by atoms with van der Waals surface area (Å²) < 4.78 is 41.9. The molecule has 0 fully saturated rings. The Morgan fingerprint density at radius 2 is 2.00 bits per heavy atom. The van der Waals surface area contributed by atoms with Gasteiger partial charge in [0.15, 0.2) is 11.5 Å². The van der Waals surface area contributed by atoms with Crippen LogP contribution in [0.1, 0.15) is 0 Å². The predicted octanol–water partition coefficient (Wildman–Crippen LogP) is 1.33. The largest absolute Gasteiger partial charge is 0.486 e. The molecule has 1 aromatic carbocycles. The van der Waals surface area contributed by atoms with E-state index in [2.05, 4.69) is 0 Å². The van der Waals surface area contributed by atoms with Gasteiger partial charge in [-0.05, 0) is 12.1 Å². The van der Waals surface area contributed by atoms with Gasteiger partial charge in [0, 0.05) is 26.8 Å². The lowest BCUT2D eigenvalue weighted by Gasteiger charge is -2.22. The number of ether oxygens (including phenoxy) is 3. The Balaban J connectivity index is 2.19. The van der Waals surface area contributed by atoms with E-state index in [1.165, 1.54) is 30.6 Å². The molecular weight excluding hydrogens is 318 g/mol. The number of methoxy groups -OCH3 is 1. The number of fused-ring (bicyclic) bond motifs is 1. The minimum Gasteiger partial charge on any atom is -0.486 e. The van der Waals surface area contributed by atoms with Crippen LogP contribution in [0.3, 0.4) is 0 Å². The molecule has 0 radical (unpaired) electrons. The van der Waals surface area contributed by atoms with Crippen LogP contribution in [0.4, 0.5) is 0 Å². The normalized spacial score (nSPS) is 16.0. The molecule has 0 amide bonds. The van der Waals surface area contributed by atoms with Crippen molar-refractivity contribution in [3.05, 3.63) is 18.2 Å². The zero-order chi connectivity index (χ0) is 15.5. The first-order chi connectivity index (χ1) is 9.95. The highest BCUT2D eigenvalue weighted by atomic mass is 35.5. The molecular formula is C13H18ClNO5S. The molecule has 1 aliphatic heterocycles. The van der Waals surface area contributed by atoms with Gasteiger partial charge >= 0.3 is 0 Å². The number of halogens is 1. The van der Waals surface area contributed by atoms with Crippen molar-refractivity contribution in [3.63, 3.8) is 0 Å². The molecule has 0 N–H and O–H groups in total. The number of hydrogen-bond donors (Lipinski definition) is 0. The summed E-state index contributed by atoms with van der Waals surface area (Å²) in [4.78, 5) is 0.149. The highest BCUT2D eigenvalue weighted by Crippen LogP contribution is 2.33. The lowest BCUT2D eigenvalue weighted by atomic mass is 10.3. The van der Waals surface area contributed by atoms with Gasteiger partial charge in [-0.15, -0.1) is 11.6 Å². The summed E-state index contributed by atoms with van der Waals surface area (Å²) in [6.07, 6.45) is 0. The van der Waals surface area contributed by atoms with Gasteiger partial charge in [-0.2, -0.15) is 4.31 Å². The quantitative estimate of drug-likeness (QED) is 0.734. The standard InChI is InChI=1S/C13H18ClNO5S/c1-15(8-10(14)9-18-2)21(16,17)11-3-4-12-13(7-11)20-6-5-19-12/h3-4,7,10H,5-6,8-9H2,1-2H3. The molecule has 1 heterocycles. The van der Waals surface area contributed by atoms with Gasteiger partial charge in [-0.3, -0.25) is 0 Å². The molecule has 8 heteroatoms. The highest BCUT2D eigenvalue weighted by Gasteiger charge is 2.25. The molecule has 1 aliphatic rings. The van der Waals surface area contributed by atoms with Gasteiger partial charge in [0.25, 0.3) is 0 Å². The number of rotatable bonds is 6. The Hall–Kier alpha value is -1.02. The second-order valence-corrected chi connectivity index (χ2v) is 7.31. The smallest absolute Gasteiger partial charge is 0.243 e. The van der Waals surface area contributed by atoms with E-state index in [1.54, 1.807) is 6.07 Å². The van der Waals surface area contributed by atoms with Crippen molar-refractivity contribution in [1.82, 2.24) is 4.31 Å². The van der Waals surface area contributed by atoms with Crippen molar-refractivity contribution in [2.75, 3.05) is 40.5 Å². The summed E-state index contributed by atoms with van der Waals surface area (Å²) in [6.45, 7) is 1.31. The predicted molar refractivity (Wildman–Crippen MR) is 78.8 cm³/mol. The van der Waals surface area contributed by atoms with Gasteiger partial charge in [-0.1, -0.05) is 0 Å². The molecule has 0 saturated carbocycles. The SMILES string of the molecule is COCC(Cl)CN(C)S(=O)(=O)c1ccc2c(c1)OCCO2. The van der Waals surface area contributed by atoms with E-state index in [4.69, 9.17) is 25.8 Å². The molecule has 21 heavy (non-hydrogen) atoms. The van der Waals surface area contributed by atoms with E-state index in [9.17, 15) is 8.42 Å². The fourth-order valence-corrected chi connectivity index (χ4v) is 3.62. The van der Waals surface area contributed by atoms with Gasteiger partial charge < -0.3 is 14.2 Å². The maximum absolute atomic E-state index is 12.5. The third-order valence-corrected chi connectivity index (χ3v) is 5.11. The molecule has 6 nitrogen and oxygen atoms in total. The van der Waals surface area contributed by atoms with Gasteiger partial charge in [0.2, 0.25) is 10.0 Å². The van der Waals surface area contributed by atoms with Crippen LogP contribution >= 0.6 is 11.6 Å². The minimum atomic E-state index is -3.63. The molecule has 0 aliphatic carbocycles. The van der Waals surface area contributed by atoms with Crippen LogP contribution < -0.4 is 9.47 Å². The van der Waals surface area contributed by atoms with E-state index in [-0.39, 0.29) is 18.0 Å². The van der Waals surface area contributed by atoms with Crippen LogP contribution in [-0.4, -0.2) is 58.6 Å². The maximum Gasteiger partial charge on any atom is 0.243 e. The third-order valence-electron chi connectivity index (χ3n) is 3.02. The first-order valence-corrected chi connectivity index (χ1v) is 8.32. The minimum absolute atomic E-state index is 0.149. The number of alkyl halides is 1. The summed E-state index contributed by atoms with van der Waals surface area (Å²) in [5, 5.41) is -0.410. The van der Waals surface area contributed by atoms with Crippen molar-refractivity contribution in [1.29, 1.82) is 0 Å². The van der Waals surface area contributed by atoms with E-state index in [1.807, 2.05) is 0 Å². The van der Waals surface area contributed by atoms with Gasteiger partial charge in [-0.25, -0.2) is 8.42 Å². The van der Waals surface area contributed by atoms with Crippen LogP contribution in [0.15, 0.2) is 23.1 Å². The van der Waals surface area contributed by atoms with Crippen molar-refractivity contribution >= 4 is 21.6 Å². The summed E-state index contributed by atoms with van der Waals surface area (Å²) in [5.41, 5.74) is 0. The molecule has 1 atom stereocenters. The summed E-state index contributed by atoms with van der Waals surface area (Å²) in [7, 11) is -0.626. The van der Waals surface area contributed by atoms with Crippen molar-refractivity contribution in [2.24, 2.45) is 0 Å². The maximum atomic E-state index is 12.5. The van der Waals surface area contributed by atoms with Crippen molar-refractivity contribution in [2.45, 2.75) is 10.3 Å². The Labute approximate surface area is 129 Å². The van der Waals surface area contributed by atoms with Crippen molar-refractivity contribution < 1.29 is 22.6 Å². The Morgan fingerprint density at radius 3 is 2.67 bits per heavy atom. The van der Waals surface area contributed by atoms with E-state index in [0.29, 0.717) is 24.7 Å². The average molecular weight is 336 g/mol. The van der Waals surface area contributed by atoms with Crippen LogP contribution in [-0.2, 0) is 14.8 Å². The molecule has 1 aromatic rings. The molecule has 2 rings (SSSR count). The number of hydrogen-bond acceptors (Lipinski definition) is 5. The van der Waals surface area contributed by atoms with Crippen LogP contribution in [0, 0.1) is 0 Å². The fourth-order valence-electron chi connectivity index (χ4n) is 1.97. The lowest BCUT2D eigenvalue weighted by molar-refractivity contribution is 0.171. The van der Waals surface area contributed by atoms with E-state index in [0.717, 1.165) is 0 Å². The third kappa shape index (κ3) is 3.79. The average Bonchev–Trinajstić information content (AvgIpc) is 2.46. The molecule has 1 unspecified atom stereocenters. The lowest BCUT2D eigenvalue weighted by Crippen LogP contribution is -2.34. The molecule has 0 saturated heterocycles. The Kier molecular flexibility index (Phi) is 5.32. The zero-order valence-electron chi connectivity index (χ0n) is 11.9. The van der Waals surface area contributed by atoms with E-state index < -0.39 is 15.4 Å². The molecule has 118 valence electrons. The first kappa shape index (κ1) is 16.4. The van der Waals surface area contributed by atoms with Crippen LogP contribution in [0.5, 0.6) is 11.5 Å². The monoisotopic (exact) mass is 335 g/mol. The summed E-state index contributed by atoms with van der Waals surface area (Å²) in [5.74, 6) is 0.993. The Bertz CT molecular complexity index is 592. The zero-order valence-corrected chi connectivity index (χ0v) is 13.5. The first-order valence-electron chi connectivity index (χ1n) is 6.44.